The summed E-state index contributed by atoms with van der Waals surface area (Å²) in [7, 11) is 1.99. The average Bonchev–Trinajstić information content (AvgIpc) is 2.58. The number of likely N-dealkylation sites (tertiary alicyclic amines) is 1. The molecule has 0 spiro atoms. The molecule has 0 saturated carbocycles. The predicted octanol–water partition coefficient (Wildman–Crippen LogP) is 2.23. The number of carbonyl (C=O) groups excluding carboxylic acids is 1. The van der Waals surface area contributed by atoms with Crippen molar-refractivity contribution in [2.45, 2.75) is 57.7 Å². The Balaban J connectivity index is 0.00000264. The number of carbonyl (C=O) groups is 1. The topological polar surface area (TPSA) is 50.8 Å². The first-order valence-corrected chi connectivity index (χ1v) is 8.87. The highest BCUT2D eigenvalue weighted by molar-refractivity contribution is 5.85. The Bertz CT molecular complexity index is 330. The molecule has 136 valence electrons. The van der Waals surface area contributed by atoms with Crippen molar-refractivity contribution >= 4 is 18.3 Å². The second kappa shape index (κ2) is 11.2. The summed E-state index contributed by atoms with van der Waals surface area (Å²) in [6.07, 6.45) is 6.68. The first-order chi connectivity index (χ1) is 10.7. The van der Waals surface area contributed by atoms with Gasteiger partial charge >= 0.3 is 0 Å². The van der Waals surface area contributed by atoms with E-state index in [1.54, 1.807) is 0 Å². The molecule has 6 heteroatoms. The molecular weight excluding hydrogens is 316 g/mol. The molecule has 0 bridgehead atoms. The van der Waals surface area contributed by atoms with Crippen LogP contribution in [0.1, 0.15) is 45.4 Å². The van der Waals surface area contributed by atoms with Crippen LogP contribution >= 0.6 is 12.4 Å². The molecular formula is C17H33ClN2O3. The Kier molecular flexibility index (Phi) is 10.1. The number of amides is 1. The molecule has 2 unspecified atom stereocenters. The summed E-state index contributed by atoms with van der Waals surface area (Å²) in [4.78, 5) is 14.4. The van der Waals surface area contributed by atoms with Gasteiger partial charge < -0.3 is 19.7 Å². The molecule has 2 heterocycles. The van der Waals surface area contributed by atoms with Gasteiger partial charge in [-0.05, 0) is 65.0 Å². The second-order valence-corrected chi connectivity index (χ2v) is 6.63. The molecule has 0 aromatic carbocycles. The number of piperidine rings is 1. The molecule has 2 saturated heterocycles. The summed E-state index contributed by atoms with van der Waals surface area (Å²) in [6.45, 7) is 6.07. The van der Waals surface area contributed by atoms with Gasteiger partial charge in [0, 0.05) is 19.7 Å². The van der Waals surface area contributed by atoms with Crippen molar-refractivity contribution in [3.63, 3.8) is 0 Å². The fourth-order valence-corrected chi connectivity index (χ4v) is 3.31. The third kappa shape index (κ3) is 6.96. The number of ether oxygens (including phenoxy) is 2. The van der Waals surface area contributed by atoms with Crippen LogP contribution < -0.4 is 5.32 Å². The summed E-state index contributed by atoms with van der Waals surface area (Å²) in [5.74, 6) is 0.895. The van der Waals surface area contributed by atoms with Crippen molar-refractivity contribution in [1.82, 2.24) is 10.2 Å². The van der Waals surface area contributed by atoms with E-state index >= 15 is 0 Å². The number of hydrogen-bond donors (Lipinski definition) is 1. The Morgan fingerprint density at radius 2 is 2.04 bits per heavy atom. The third-order valence-electron chi connectivity index (χ3n) is 4.88. The largest absolute Gasteiger partial charge is 0.376 e. The van der Waals surface area contributed by atoms with Crippen LogP contribution in [0.5, 0.6) is 0 Å². The Morgan fingerprint density at radius 3 is 2.65 bits per heavy atom. The van der Waals surface area contributed by atoms with Gasteiger partial charge in [0.15, 0.2) is 0 Å². The van der Waals surface area contributed by atoms with E-state index in [9.17, 15) is 4.79 Å². The number of halogens is 1. The molecule has 5 nitrogen and oxygen atoms in total. The first-order valence-electron chi connectivity index (χ1n) is 8.87. The van der Waals surface area contributed by atoms with Gasteiger partial charge in [-0.2, -0.15) is 0 Å². The van der Waals surface area contributed by atoms with Crippen molar-refractivity contribution in [1.29, 1.82) is 0 Å². The van der Waals surface area contributed by atoms with E-state index in [0.717, 1.165) is 57.8 Å². The number of rotatable bonds is 7. The lowest BCUT2D eigenvalue weighted by atomic mass is 9.93. The smallest absolute Gasteiger partial charge is 0.251 e. The van der Waals surface area contributed by atoms with Crippen LogP contribution in [0.3, 0.4) is 0 Å². The summed E-state index contributed by atoms with van der Waals surface area (Å²) in [5, 5.41) is 3.20. The summed E-state index contributed by atoms with van der Waals surface area (Å²) in [6, 6.07) is 0. The highest BCUT2D eigenvalue weighted by atomic mass is 35.5. The molecule has 23 heavy (non-hydrogen) atoms. The highest BCUT2D eigenvalue weighted by Gasteiger charge is 2.27. The van der Waals surface area contributed by atoms with Gasteiger partial charge in [0.2, 0.25) is 0 Å². The number of hydrogen-bond acceptors (Lipinski definition) is 4. The lowest BCUT2D eigenvalue weighted by Gasteiger charge is -2.34. The van der Waals surface area contributed by atoms with E-state index in [1.807, 2.05) is 18.9 Å². The predicted molar refractivity (Wildman–Crippen MR) is 94.1 cm³/mol. The van der Waals surface area contributed by atoms with Crippen LogP contribution in [0.2, 0.25) is 0 Å². The van der Waals surface area contributed by atoms with Crippen LogP contribution in [0.25, 0.3) is 0 Å². The fourth-order valence-electron chi connectivity index (χ4n) is 3.31. The van der Waals surface area contributed by atoms with Crippen molar-refractivity contribution in [2.75, 3.05) is 39.9 Å². The standard InChI is InChI=1S/C17H32N2O3.ClH/c1-14(22-13-16-5-3-4-12-21-16)17(20)19-10-7-15(8-11-19)6-9-18-2;/h14-16,18H,3-13H2,1-2H3;1H. The summed E-state index contributed by atoms with van der Waals surface area (Å²) < 4.78 is 11.4. The van der Waals surface area contributed by atoms with Gasteiger partial charge in [0.1, 0.15) is 6.10 Å². The molecule has 0 aromatic rings. The lowest BCUT2D eigenvalue weighted by molar-refractivity contribution is -0.147. The molecule has 2 rings (SSSR count). The van der Waals surface area contributed by atoms with E-state index in [1.165, 1.54) is 12.8 Å². The van der Waals surface area contributed by atoms with Crippen LogP contribution in [0, 0.1) is 5.92 Å². The molecule has 2 fully saturated rings. The van der Waals surface area contributed by atoms with Gasteiger partial charge in [0.05, 0.1) is 12.7 Å². The van der Waals surface area contributed by atoms with Gasteiger partial charge in [-0.1, -0.05) is 0 Å². The molecule has 0 aromatic heterocycles. The van der Waals surface area contributed by atoms with Crippen LogP contribution in [-0.2, 0) is 14.3 Å². The zero-order valence-corrected chi connectivity index (χ0v) is 15.4. The number of nitrogens with zero attached hydrogens (tertiary/aromatic N) is 1. The maximum absolute atomic E-state index is 12.4. The van der Waals surface area contributed by atoms with Crippen LogP contribution in [0.15, 0.2) is 0 Å². The third-order valence-corrected chi connectivity index (χ3v) is 4.88. The molecule has 2 aliphatic rings. The Labute approximate surface area is 146 Å². The second-order valence-electron chi connectivity index (χ2n) is 6.63. The van der Waals surface area contributed by atoms with Gasteiger partial charge in [-0.3, -0.25) is 4.79 Å². The molecule has 2 atom stereocenters. The van der Waals surface area contributed by atoms with Crippen LogP contribution in [0.4, 0.5) is 0 Å². The van der Waals surface area contributed by atoms with Gasteiger partial charge in [-0.25, -0.2) is 0 Å². The minimum absolute atomic E-state index is 0. The maximum Gasteiger partial charge on any atom is 0.251 e. The first kappa shape index (κ1) is 20.7. The van der Waals surface area contributed by atoms with E-state index in [0.29, 0.717) is 6.61 Å². The molecule has 1 N–H and O–H groups in total. The van der Waals surface area contributed by atoms with Gasteiger partial charge in [0.25, 0.3) is 5.91 Å². The van der Waals surface area contributed by atoms with Crippen molar-refractivity contribution in [2.24, 2.45) is 5.92 Å². The van der Waals surface area contributed by atoms with E-state index < -0.39 is 0 Å². The van der Waals surface area contributed by atoms with E-state index in [4.69, 9.17) is 9.47 Å². The van der Waals surface area contributed by atoms with Crippen molar-refractivity contribution < 1.29 is 14.3 Å². The normalized spacial score (nSPS) is 24.1. The highest BCUT2D eigenvalue weighted by Crippen LogP contribution is 2.21. The minimum atomic E-state index is -0.348. The quantitative estimate of drug-likeness (QED) is 0.766. The lowest BCUT2D eigenvalue weighted by Crippen LogP contribution is -2.44. The van der Waals surface area contributed by atoms with E-state index in [2.05, 4.69) is 5.32 Å². The van der Waals surface area contributed by atoms with Crippen LogP contribution in [-0.4, -0.2) is 62.9 Å². The Morgan fingerprint density at radius 1 is 1.30 bits per heavy atom. The molecule has 0 aliphatic carbocycles. The Hall–Kier alpha value is -0.360. The zero-order valence-electron chi connectivity index (χ0n) is 14.6. The summed E-state index contributed by atoms with van der Waals surface area (Å²) >= 11 is 0. The maximum atomic E-state index is 12.4. The molecule has 1 amide bonds. The van der Waals surface area contributed by atoms with Crippen molar-refractivity contribution in [3.05, 3.63) is 0 Å². The van der Waals surface area contributed by atoms with Crippen molar-refractivity contribution in [3.8, 4) is 0 Å². The number of nitrogens with one attached hydrogen (secondary N) is 1. The molecule has 0 radical (unpaired) electrons. The monoisotopic (exact) mass is 348 g/mol. The SMILES string of the molecule is CNCCC1CCN(C(=O)C(C)OCC2CCCCO2)CC1.Cl. The molecule has 2 aliphatic heterocycles. The summed E-state index contributed by atoms with van der Waals surface area (Å²) in [5.41, 5.74) is 0. The van der Waals surface area contributed by atoms with Gasteiger partial charge in [-0.15, -0.1) is 12.4 Å². The zero-order chi connectivity index (χ0) is 15.8. The fraction of sp³-hybridized carbons (Fsp3) is 0.941. The minimum Gasteiger partial charge on any atom is -0.376 e. The average molecular weight is 349 g/mol. The van der Waals surface area contributed by atoms with E-state index in [-0.39, 0.29) is 30.5 Å².